The van der Waals surface area contributed by atoms with Crippen molar-refractivity contribution >= 4 is 16.7 Å². The van der Waals surface area contributed by atoms with Gasteiger partial charge in [0.2, 0.25) is 0 Å². The lowest BCUT2D eigenvalue weighted by molar-refractivity contribution is 0.0903. The van der Waals surface area contributed by atoms with Gasteiger partial charge in [-0.2, -0.15) is 0 Å². The van der Waals surface area contributed by atoms with E-state index in [2.05, 4.69) is 10.5 Å². The highest BCUT2D eigenvalue weighted by Crippen LogP contribution is 2.46. The van der Waals surface area contributed by atoms with Gasteiger partial charge in [-0.15, -0.1) is 10.8 Å². The van der Waals surface area contributed by atoms with Crippen molar-refractivity contribution in [3.05, 3.63) is 17.5 Å². The Bertz CT molecular complexity index is 579. The largest absolute Gasteiger partial charge is 0.360 e. The minimum atomic E-state index is -2.68. The van der Waals surface area contributed by atoms with Crippen LogP contribution in [0, 0.1) is 0 Å². The molecule has 2 aliphatic rings. The van der Waals surface area contributed by atoms with Crippen molar-refractivity contribution < 1.29 is 19.8 Å². The zero-order valence-corrected chi connectivity index (χ0v) is 14.4. The molecule has 132 valence electrons. The second-order valence-corrected chi connectivity index (χ2v) is 8.81. The molecule has 2 atom stereocenters. The molecule has 1 saturated heterocycles. The Balaban J connectivity index is 0.00000208. The summed E-state index contributed by atoms with van der Waals surface area (Å²) in [5.41, 5.74) is 0.333. The van der Waals surface area contributed by atoms with Crippen LogP contribution in [-0.2, 0) is 0 Å². The standard InChI is InChI=1S/C15H25N3O4S.H2/c1-3-23(20,21)18-7-6-12(8-10(18)2)16-15(19)13-9-14(22-17-13)11-4-5-11;/h9-12,20-21H,3-8H2,1-2H3,(H,16,19);1H/t10-,12?;/m0./s1. The van der Waals surface area contributed by atoms with Crippen molar-refractivity contribution in [2.75, 3.05) is 12.3 Å². The molecule has 0 radical (unpaired) electrons. The second-order valence-electron chi connectivity index (χ2n) is 6.49. The molecular weight excluding hydrogens is 318 g/mol. The number of hydrogen-bond acceptors (Lipinski definition) is 6. The Kier molecular flexibility index (Phi) is 4.68. The maximum absolute atomic E-state index is 12.3. The quantitative estimate of drug-likeness (QED) is 0.758. The Morgan fingerprint density at radius 2 is 2.26 bits per heavy atom. The lowest BCUT2D eigenvalue weighted by Gasteiger charge is -2.49. The number of aromatic nitrogens is 1. The Morgan fingerprint density at radius 3 is 2.87 bits per heavy atom. The van der Waals surface area contributed by atoms with E-state index in [1.165, 1.54) is 0 Å². The van der Waals surface area contributed by atoms with Crippen LogP contribution in [0.25, 0.3) is 0 Å². The molecule has 7 nitrogen and oxygen atoms in total. The summed E-state index contributed by atoms with van der Waals surface area (Å²) in [5.74, 6) is 1.35. The molecule has 1 aliphatic heterocycles. The molecule has 1 amide bonds. The molecule has 1 unspecified atom stereocenters. The van der Waals surface area contributed by atoms with Crippen molar-refractivity contribution in [3.8, 4) is 0 Å². The summed E-state index contributed by atoms with van der Waals surface area (Å²) in [6, 6.07) is 1.76. The number of hydrogen-bond donors (Lipinski definition) is 3. The fourth-order valence-electron chi connectivity index (χ4n) is 3.10. The number of nitrogens with one attached hydrogen (secondary N) is 1. The first kappa shape index (κ1) is 16.8. The van der Waals surface area contributed by atoms with Crippen molar-refractivity contribution in [3.63, 3.8) is 0 Å². The van der Waals surface area contributed by atoms with Gasteiger partial charge >= 0.3 is 0 Å². The highest BCUT2D eigenvalue weighted by Gasteiger charge is 2.34. The Morgan fingerprint density at radius 1 is 1.52 bits per heavy atom. The summed E-state index contributed by atoms with van der Waals surface area (Å²) in [5, 5.41) is 6.84. The number of carbonyl (C=O) groups excluding carboxylic acids is 1. The molecule has 3 N–H and O–H groups in total. The van der Waals surface area contributed by atoms with E-state index < -0.39 is 10.8 Å². The minimum absolute atomic E-state index is 0. The molecule has 1 aliphatic carbocycles. The van der Waals surface area contributed by atoms with Crippen LogP contribution in [0.4, 0.5) is 0 Å². The van der Waals surface area contributed by atoms with Crippen LogP contribution in [-0.4, -0.2) is 48.9 Å². The summed E-state index contributed by atoms with van der Waals surface area (Å²) in [6.07, 6.45) is 3.60. The zero-order valence-electron chi connectivity index (χ0n) is 13.6. The van der Waals surface area contributed by atoms with Crippen LogP contribution in [0.3, 0.4) is 0 Å². The van der Waals surface area contributed by atoms with E-state index in [0.29, 0.717) is 36.8 Å². The van der Waals surface area contributed by atoms with Gasteiger partial charge in [0, 0.05) is 32.0 Å². The zero-order chi connectivity index (χ0) is 16.6. The molecule has 1 aromatic rings. The molecule has 0 spiro atoms. The molecule has 8 heteroatoms. The molecule has 2 heterocycles. The van der Waals surface area contributed by atoms with E-state index in [9.17, 15) is 13.9 Å². The Hall–Kier alpha value is -1.09. The summed E-state index contributed by atoms with van der Waals surface area (Å²) in [6.45, 7) is 4.30. The lowest BCUT2D eigenvalue weighted by Crippen LogP contribution is -2.49. The molecule has 3 rings (SSSR count). The normalized spacial score (nSPS) is 27.0. The lowest BCUT2D eigenvalue weighted by atomic mass is 10.0. The first-order valence-corrected chi connectivity index (χ1v) is 9.88. The van der Waals surface area contributed by atoms with Gasteiger partial charge in [-0.05, 0) is 39.5 Å². The number of nitrogens with zero attached hydrogens (tertiary/aromatic N) is 2. The van der Waals surface area contributed by atoms with Crippen LogP contribution < -0.4 is 5.32 Å². The monoisotopic (exact) mass is 345 g/mol. The predicted octanol–water partition coefficient (Wildman–Crippen LogP) is 3.07. The topological polar surface area (TPSA) is 98.8 Å². The number of piperidine rings is 1. The summed E-state index contributed by atoms with van der Waals surface area (Å²) < 4.78 is 27.1. The van der Waals surface area contributed by atoms with Crippen molar-refractivity contribution in [2.45, 2.75) is 57.5 Å². The van der Waals surface area contributed by atoms with E-state index in [0.717, 1.165) is 18.6 Å². The van der Waals surface area contributed by atoms with E-state index >= 15 is 0 Å². The van der Waals surface area contributed by atoms with E-state index in [1.807, 2.05) is 6.92 Å². The third kappa shape index (κ3) is 3.71. The summed E-state index contributed by atoms with van der Waals surface area (Å²) >= 11 is 0. The fraction of sp³-hybridized carbons (Fsp3) is 0.733. The van der Waals surface area contributed by atoms with Gasteiger partial charge in [0.1, 0.15) is 5.76 Å². The first-order valence-electron chi connectivity index (χ1n) is 8.21. The molecule has 1 aromatic heterocycles. The molecule has 0 bridgehead atoms. The van der Waals surface area contributed by atoms with Crippen molar-refractivity contribution in [2.24, 2.45) is 0 Å². The number of amides is 1. The average Bonchev–Trinajstić information content (AvgIpc) is 3.24. The van der Waals surface area contributed by atoms with Gasteiger partial charge in [-0.25, -0.2) is 4.31 Å². The average molecular weight is 345 g/mol. The third-order valence-corrected chi connectivity index (χ3v) is 6.72. The van der Waals surface area contributed by atoms with E-state index in [4.69, 9.17) is 4.52 Å². The van der Waals surface area contributed by atoms with Gasteiger partial charge in [-0.3, -0.25) is 13.9 Å². The summed E-state index contributed by atoms with van der Waals surface area (Å²) in [7, 11) is -2.68. The van der Waals surface area contributed by atoms with Crippen LogP contribution in [0.5, 0.6) is 0 Å². The van der Waals surface area contributed by atoms with Crippen molar-refractivity contribution in [1.29, 1.82) is 0 Å². The Labute approximate surface area is 139 Å². The predicted molar refractivity (Wildman–Crippen MR) is 90.6 cm³/mol. The highest BCUT2D eigenvalue weighted by atomic mass is 32.3. The number of carbonyl (C=O) groups is 1. The highest BCUT2D eigenvalue weighted by molar-refractivity contribution is 8.22. The third-order valence-electron chi connectivity index (χ3n) is 4.65. The smallest absolute Gasteiger partial charge is 0.273 e. The maximum atomic E-state index is 12.3. The second kappa shape index (κ2) is 6.43. The molecule has 0 aromatic carbocycles. The molecular formula is C15H27N3O4S. The molecule has 2 fully saturated rings. The van der Waals surface area contributed by atoms with Gasteiger partial charge in [0.15, 0.2) is 5.69 Å². The SMILES string of the molecule is CCS(O)(O)N1CCC(NC(=O)c2cc(C3CC3)on2)C[C@@H]1C.[HH]. The molecule has 1 saturated carbocycles. The molecule has 23 heavy (non-hydrogen) atoms. The maximum Gasteiger partial charge on any atom is 0.273 e. The van der Waals surface area contributed by atoms with Gasteiger partial charge in [-0.1, -0.05) is 5.16 Å². The van der Waals surface area contributed by atoms with Gasteiger partial charge < -0.3 is 9.84 Å². The van der Waals surface area contributed by atoms with Gasteiger partial charge in [0.05, 0.1) is 5.75 Å². The van der Waals surface area contributed by atoms with Crippen LogP contribution >= 0.6 is 10.8 Å². The van der Waals surface area contributed by atoms with Crippen LogP contribution in [0.1, 0.15) is 63.1 Å². The summed E-state index contributed by atoms with van der Waals surface area (Å²) in [4.78, 5) is 12.3. The number of rotatable bonds is 5. The first-order chi connectivity index (χ1) is 10.9. The van der Waals surface area contributed by atoms with E-state index in [-0.39, 0.29) is 19.4 Å². The van der Waals surface area contributed by atoms with Crippen LogP contribution in [0.15, 0.2) is 10.6 Å². The fourth-order valence-corrected chi connectivity index (χ4v) is 4.49. The van der Waals surface area contributed by atoms with Crippen LogP contribution in [0.2, 0.25) is 0 Å². The minimum Gasteiger partial charge on any atom is -0.360 e. The van der Waals surface area contributed by atoms with Crippen molar-refractivity contribution in [1.82, 2.24) is 14.8 Å². The van der Waals surface area contributed by atoms with E-state index in [1.54, 1.807) is 17.3 Å². The van der Waals surface area contributed by atoms with Gasteiger partial charge in [0.25, 0.3) is 5.91 Å².